The van der Waals surface area contributed by atoms with Gasteiger partial charge in [0.1, 0.15) is 5.82 Å². The predicted octanol–water partition coefficient (Wildman–Crippen LogP) is 6.08. The highest BCUT2D eigenvalue weighted by atomic mass is 32.2. The topological polar surface area (TPSA) is 109 Å². The van der Waals surface area contributed by atoms with Crippen molar-refractivity contribution in [1.82, 2.24) is 20.2 Å². The van der Waals surface area contributed by atoms with Gasteiger partial charge in [0.05, 0.1) is 18.8 Å². The number of thioether (sulfide) groups is 1. The zero-order valence-corrected chi connectivity index (χ0v) is 30.0. The summed E-state index contributed by atoms with van der Waals surface area (Å²) in [6.45, 7) is 10.5. The van der Waals surface area contributed by atoms with Crippen LogP contribution >= 0.6 is 11.8 Å². The number of carbonyl (C=O) groups excluding carboxylic acids is 1. The van der Waals surface area contributed by atoms with Crippen molar-refractivity contribution in [3.63, 3.8) is 0 Å². The van der Waals surface area contributed by atoms with Gasteiger partial charge in [-0.3, -0.25) is 14.5 Å². The zero-order valence-electron chi connectivity index (χ0n) is 29.2. The van der Waals surface area contributed by atoms with Crippen LogP contribution in [0.3, 0.4) is 0 Å². The third-order valence-corrected chi connectivity index (χ3v) is 10.6. The normalized spacial score (nSPS) is 22.9. The molecule has 1 amide bonds. The molecule has 2 aromatic heterocycles. The number of anilines is 1. The van der Waals surface area contributed by atoms with Crippen molar-refractivity contribution >= 4 is 23.5 Å². The van der Waals surface area contributed by atoms with E-state index in [4.69, 9.17) is 19.2 Å². The molecule has 0 bridgehead atoms. The average Bonchev–Trinajstić information content (AvgIpc) is 3.42. The first-order valence-corrected chi connectivity index (χ1v) is 18.1. The number of nitrogens with zero attached hydrogens (tertiary/aromatic N) is 3. The predicted molar refractivity (Wildman–Crippen MR) is 186 cm³/mol. The lowest BCUT2D eigenvalue weighted by Crippen LogP contribution is -2.49. The molecule has 0 radical (unpaired) electrons. The maximum absolute atomic E-state index is 13.9. The average molecular weight is 716 g/mol. The van der Waals surface area contributed by atoms with E-state index in [0.717, 1.165) is 16.4 Å². The van der Waals surface area contributed by atoms with E-state index >= 15 is 0 Å². The molecule has 6 rings (SSSR count). The summed E-state index contributed by atoms with van der Waals surface area (Å²) in [6.07, 6.45) is 0.403. The number of hydrogen-bond acceptors (Lipinski definition) is 9. The molecule has 50 heavy (non-hydrogen) atoms. The first-order chi connectivity index (χ1) is 23.6. The lowest BCUT2D eigenvalue weighted by molar-refractivity contribution is -0.159. The Labute approximate surface area is 294 Å². The number of carbonyl (C=O) groups is 1. The molecule has 270 valence electrons. The van der Waals surface area contributed by atoms with Gasteiger partial charge >= 0.3 is 6.18 Å². The van der Waals surface area contributed by atoms with E-state index in [1.165, 1.54) is 16.7 Å². The Morgan fingerprint density at radius 1 is 1.10 bits per heavy atom. The van der Waals surface area contributed by atoms with E-state index in [2.05, 4.69) is 15.2 Å². The van der Waals surface area contributed by atoms with Crippen LogP contribution in [0.2, 0.25) is 0 Å². The van der Waals surface area contributed by atoms with Gasteiger partial charge in [-0.2, -0.15) is 13.2 Å². The minimum absolute atomic E-state index is 0.0225. The fraction of sp³-hybridized carbons (Fsp3) is 0.528. The first kappa shape index (κ1) is 36.1. The number of ether oxygens (including phenoxy) is 3. The van der Waals surface area contributed by atoms with E-state index in [9.17, 15) is 22.8 Å². The monoisotopic (exact) mass is 715 g/mol. The number of morpholine rings is 1. The van der Waals surface area contributed by atoms with Gasteiger partial charge in [-0.05, 0) is 84.1 Å². The summed E-state index contributed by atoms with van der Waals surface area (Å²) in [5.41, 5.74) is 3.16. The Hall–Kier alpha value is -3.75. The molecule has 0 aliphatic carbocycles. The van der Waals surface area contributed by atoms with Crippen LogP contribution in [0.4, 0.5) is 19.0 Å². The van der Waals surface area contributed by atoms with Gasteiger partial charge in [0.15, 0.2) is 11.5 Å². The molecule has 2 saturated heterocycles. The van der Waals surface area contributed by atoms with Gasteiger partial charge in [0.2, 0.25) is 0 Å². The van der Waals surface area contributed by atoms with Gasteiger partial charge in [-0.1, -0.05) is 0 Å². The number of hydrogen-bond donors (Lipinski definition) is 2. The highest BCUT2D eigenvalue weighted by Crippen LogP contribution is 2.52. The zero-order chi connectivity index (χ0) is 36.0. The number of H-pyrrole nitrogens is 1. The number of piperidine rings is 1. The minimum atomic E-state index is -4.26. The van der Waals surface area contributed by atoms with Crippen LogP contribution in [0, 0.1) is 19.8 Å². The van der Waals surface area contributed by atoms with Crippen molar-refractivity contribution in [3.05, 3.63) is 63.2 Å². The first-order valence-electron chi connectivity index (χ1n) is 16.9. The molecule has 3 unspecified atom stereocenters. The lowest BCUT2D eigenvalue weighted by Gasteiger charge is -2.39. The molecule has 0 saturated carbocycles. The smallest absolute Gasteiger partial charge is 0.401 e. The SMILES string of the molecule is CSc1cc(C)[nH]c(=O)c1CNC(=O)c1cc(-c2ccc(N3CC(C)OC(C)C3)nc2)c2c(c1C)OC(C)(C1CCN(CC(F)(F)F)CC1)O2. The highest BCUT2D eigenvalue weighted by Gasteiger charge is 2.48. The molecular weight excluding hydrogens is 671 g/mol. The molecule has 3 atom stereocenters. The molecule has 3 aliphatic rings. The minimum Gasteiger partial charge on any atom is -0.448 e. The summed E-state index contributed by atoms with van der Waals surface area (Å²) in [4.78, 5) is 38.6. The third-order valence-electron chi connectivity index (χ3n) is 9.75. The Morgan fingerprint density at radius 3 is 2.40 bits per heavy atom. The second-order valence-corrected chi connectivity index (χ2v) is 14.6. The van der Waals surface area contributed by atoms with E-state index in [1.54, 1.807) is 19.2 Å². The molecular formula is C36H44F3N5O5S. The Kier molecular flexibility index (Phi) is 10.2. The van der Waals surface area contributed by atoms with Crippen LogP contribution < -0.4 is 25.2 Å². The van der Waals surface area contributed by atoms with Crippen LogP contribution in [-0.2, 0) is 11.3 Å². The molecule has 1 aromatic carbocycles. The van der Waals surface area contributed by atoms with Crippen molar-refractivity contribution < 1.29 is 32.2 Å². The number of rotatable bonds is 8. The quantitative estimate of drug-likeness (QED) is 0.269. The number of fused-ring (bicyclic) bond motifs is 1. The van der Waals surface area contributed by atoms with Gasteiger partial charge in [-0.15, -0.1) is 11.8 Å². The summed E-state index contributed by atoms with van der Waals surface area (Å²) in [5, 5.41) is 2.93. The van der Waals surface area contributed by atoms with Crippen molar-refractivity contribution in [2.24, 2.45) is 5.92 Å². The number of aryl methyl sites for hydroxylation is 1. The second kappa shape index (κ2) is 14.1. The molecule has 3 aliphatic heterocycles. The largest absolute Gasteiger partial charge is 0.448 e. The molecule has 2 N–H and O–H groups in total. The number of aromatic amines is 1. The fourth-order valence-corrected chi connectivity index (χ4v) is 7.97. The number of alkyl halides is 3. The second-order valence-electron chi connectivity index (χ2n) is 13.7. The number of halogens is 3. The molecule has 2 fully saturated rings. The van der Waals surface area contributed by atoms with Gasteiger partial charge < -0.3 is 29.4 Å². The van der Waals surface area contributed by atoms with E-state index in [-0.39, 0.29) is 43.3 Å². The van der Waals surface area contributed by atoms with Crippen LogP contribution in [0.25, 0.3) is 11.1 Å². The van der Waals surface area contributed by atoms with Gasteiger partial charge in [0.25, 0.3) is 17.3 Å². The highest BCUT2D eigenvalue weighted by molar-refractivity contribution is 7.98. The number of pyridine rings is 2. The number of benzene rings is 1. The summed E-state index contributed by atoms with van der Waals surface area (Å²) in [5.74, 6) is -0.0622. The molecule has 0 spiro atoms. The van der Waals surface area contributed by atoms with Crippen LogP contribution in [0.1, 0.15) is 60.8 Å². The summed E-state index contributed by atoms with van der Waals surface area (Å²) < 4.78 is 58.3. The van der Waals surface area contributed by atoms with Crippen molar-refractivity contribution in [2.75, 3.05) is 43.9 Å². The van der Waals surface area contributed by atoms with Gasteiger partial charge in [-0.25, -0.2) is 4.98 Å². The summed E-state index contributed by atoms with van der Waals surface area (Å²) >= 11 is 1.43. The maximum atomic E-state index is 13.9. The maximum Gasteiger partial charge on any atom is 0.401 e. The summed E-state index contributed by atoms with van der Waals surface area (Å²) in [7, 11) is 0. The number of likely N-dealkylation sites (tertiary alicyclic amines) is 1. The standard InChI is InChI=1S/C36H44F3N5O5S/c1-20-13-29(50-6)28(34(46)42-20)16-41-33(45)26-14-27(24-7-8-30(40-15-24)44-17-21(2)47-22(3)18-44)32-31(23(26)4)48-35(5,49-32)25-9-11-43(12-10-25)19-36(37,38)39/h7-8,13-15,21-22,25H,9-12,16-19H2,1-6H3,(H,41,45)(H,42,46). The van der Waals surface area contributed by atoms with Crippen molar-refractivity contribution in [1.29, 1.82) is 0 Å². The van der Waals surface area contributed by atoms with E-state index < -0.39 is 24.4 Å². The van der Waals surface area contributed by atoms with Crippen LogP contribution in [0.5, 0.6) is 11.5 Å². The Balaban J connectivity index is 1.32. The van der Waals surface area contributed by atoms with E-state index in [0.29, 0.717) is 65.2 Å². The number of aromatic nitrogens is 2. The van der Waals surface area contributed by atoms with Crippen molar-refractivity contribution in [2.45, 2.75) is 83.1 Å². The molecule has 10 nitrogen and oxygen atoms in total. The number of nitrogens with one attached hydrogen (secondary N) is 2. The third kappa shape index (κ3) is 7.62. The summed E-state index contributed by atoms with van der Waals surface area (Å²) in [6, 6.07) is 7.51. The van der Waals surface area contributed by atoms with E-state index in [1.807, 2.05) is 52.1 Å². The van der Waals surface area contributed by atoms with Crippen LogP contribution in [-0.4, -0.2) is 83.9 Å². The lowest BCUT2D eigenvalue weighted by atomic mass is 9.89. The number of amides is 1. The fourth-order valence-electron chi connectivity index (χ4n) is 7.27. The van der Waals surface area contributed by atoms with Crippen molar-refractivity contribution in [3.8, 4) is 22.6 Å². The van der Waals surface area contributed by atoms with Crippen LogP contribution in [0.15, 0.2) is 40.2 Å². The molecule has 14 heteroatoms. The Bertz CT molecular complexity index is 1780. The van der Waals surface area contributed by atoms with Gasteiger partial charge in [0, 0.05) is 77.1 Å². The molecule has 5 heterocycles. The Morgan fingerprint density at radius 2 is 1.78 bits per heavy atom. The molecule has 3 aromatic rings.